The second-order valence-corrected chi connectivity index (χ2v) is 4.99. The van der Waals surface area contributed by atoms with Crippen LogP contribution in [0.3, 0.4) is 0 Å². The summed E-state index contributed by atoms with van der Waals surface area (Å²) in [4.78, 5) is 13.8. The van der Waals surface area contributed by atoms with Crippen molar-refractivity contribution in [3.05, 3.63) is 0 Å². The summed E-state index contributed by atoms with van der Waals surface area (Å²) in [5, 5.41) is 3.46. The van der Waals surface area contributed by atoms with Gasteiger partial charge in [0.1, 0.15) is 0 Å². The Morgan fingerprint density at radius 1 is 1.47 bits per heavy atom. The van der Waals surface area contributed by atoms with E-state index in [1.165, 1.54) is 19.3 Å². The summed E-state index contributed by atoms with van der Waals surface area (Å²) in [6.07, 6.45) is 3.64. The molecule has 1 aliphatic rings. The van der Waals surface area contributed by atoms with Crippen LogP contribution in [0.25, 0.3) is 0 Å². The number of nitrogens with one attached hydrogen (secondary N) is 1. The Labute approximate surface area is 105 Å². The van der Waals surface area contributed by atoms with Crippen LogP contribution in [-0.2, 0) is 9.53 Å². The third kappa shape index (κ3) is 5.50. The van der Waals surface area contributed by atoms with Gasteiger partial charge in [-0.05, 0) is 26.3 Å². The van der Waals surface area contributed by atoms with Crippen molar-refractivity contribution in [2.45, 2.75) is 52.1 Å². The standard InChI is InChI=1S/C13H26N2O2/c1-4-17-13(16)10-15-8-6-5-7-12(15)9-14-11(2)3/h11-12,14H,4-10H2,1-3H3. The highest BCUT2D eigenvalue weighted by molar-refractivity contribution is 5.71. The molecule has 1 N–H and O–H groups in total. The molecule has 0 amide bonds. The maximum absolute atomic E-state index is 11.5. The van der Waals surface area contributed by atoms with Gasteiger partial charge in [0.25, 0.3) is 0 Å². The minimum Gasteiger partial charge on any atom is -0.465 e. The molecule has 100 valence electrons. The van der Waals surface area contributed by atoms with E-state index >= 15 is 0 Å². The minimum absolute atomic E-state index is 0.0936. The maximum atomic E-state index is 11.5. The zero-order valence-electron chi connectivity index (χ0n) is 11.4. The lowest BCUT2D eigenvalue weighted by atomic mass is 10.0. The lowest BCUT2D eigenvalue weighted by molar-refractivity contribution is -0.145. The van der Waals surface area contributed by atoms with E-state index in [1.807, 2.05) is 6.92 Å². The van der Waals surface area contributed by atoms with Crippen molar-refractivity contribution in [1.82, 2.24) is 10.2 Å². The van der Waals surface area contributed by atoms with E-state index < -0.39 is 0 Å². The first-order valence-electron chi connectivity index (χ1n) is 6.76. The summed E-state index contributed by atoms with van der Waals surface area (Å²) < 4.78 is 5.02. The van der Waals surface area contributed by atoms with Crippen LogP contribution in [0.4, 0.5) is 0 Å². The molecule has 17 heavy (non-hydrogen) atoms. The van der Waals surface area contributed by atoms with Crippen LogP contribution >= 0.6 is 0 Å². The zero-order chi connectivity index (χ0) is 12.7. The van der Waals surface area contributed by atoms with E-state index in [4.69, 9.17) is 4.74 Å². The normalized spacial score (nSPS) is 21.8. The molecule has 1 unspecified atom stereocenters. The number of esters is 1. The van der Waals surface area contributed by atoms with Crippen molar-refractivity contribution in [3.8, 4) is 0 Å². The summed E-state index contributed by atoms with van der Waals surface area (Å²) in [5.74, 6) is -0.0936. The molecule has 1 saturated heterocycles. The van der Waals surface area contributed by atoms with Gasteiger partial charge in [0.2, 0.25) is 0 Å². The number of hydrogen-bond donors (Lipinski definition) is 1. The molecule has 1 heterocycles. The first kappa shape index (κ1) is 14.5. The van der Waals surface area contributed by atoms with Crippen molar-refractivity contribution in [2.24, 2.45) is 0 Å². The molecular formula is C13H26N2O2. The Morgan fingerprint density at radius 2 is 2.24 bits per heavy atom. The van der Waals surface area contributed by atoms with Gasteiger partial charge >= 0.3 is 5.97 Å². The van der Waals surface area contributed by atoms with Gasteiger partial charge in [0.15, 0.2) is 0 Å². The first-order valence-corrected chi connectivity index (χ1v) is 6.76. The summed E-state index contributed by atoms with van der Waals surface area (Å²) in [5.41, 5.74) is 0. The largest absolute Gasteiger partial charge is 0.465 e. The van der Waals surface area contributed by atoms with Crippen LogP contribution in [0.2, 0.25) is 0 Å². The highest BCUT2D eigenvalue weighted by Gasteiger charge is 2.24. The fourth-order valence-electron chi connectivity index (χ4n) is 2.24. The van der Waals surface area contributed by atoms with Gasteiger partial charge in [0.05, 0.1) is 13.2 Å². The molecule has 0 aliphatic carbocycles. The average Bonchev–Trinajstić information content (AvgIpc) is 2.28. The summed E-state index contributed by atoms with van der Waals surface area (Å²) >= 11 is 0. The Hall–Kier alpha value is -0.610. The van der Waals surface area contributed by atoms with Crippen LogP contribution in [-0.4, -0.2) is 49.2 Å². The Morgan fingerprint density at radius 3 is 2.88 bits per heavy atom. The number of piperidine rings is 1. The van der Waals surface area contributed by atoms with E-state index in [0.717, 1.165) is 13.1 Å². The molecule has 0 saturated carbocycles. The predicted octanol–water partition coefficient (Wildman–Crippen LogP) is 1.40. The van der Waals surface area contributed by atoms with Crippen LogP contribution < -0.4 is 5.32 Å². The van der Waals surface area contributed by atoms with E-state index in [2.05, 4.69) is 24.1 Å². The van der Waals surface area contributed by atoms with Gasteiger partial charge in [-0.15, -0.1) is 0 Å². The smallest absolute Gasteiger partial charge is 0.320 e. The molecule has 1 atom stereocenters. The van der Waals surface area contributed by atoms with E-state index in [1.54, 1.807) is 0 Å². The van der Waals surface area contributed by atoms with E-state index in [0.29, 0.717) is 25.2 Å². The molecule has 0 spiro atoms. The number of rotatable bonds is 6. The van der Waals surface area contributed by atoms with Crippen molar-refractivity contribution in [3.63, 3.8) is 0 Å². The van der Waals surface area contributed by atoms with Gasteiger partial charge < -0.3 is 10.1 Å². The van der Waals surface area contributed by atoms with Crippen LogP contribution in [0.15, 0.2) is 0 Å². The summed E-state index contributed by atoms with van der Waals surface area (Å²) in [6, 6.07) is 0.983. The molecule has 0 aromatic carbocycles. The van der Waals surface area contributed by atoms with Crippen molar-refractivity contribution < 1.29 is 9.53 Å². The van der Waals surface area contributed by atoms with E-state index in [9.17, 15) is 4.79 Å². The van der Waals surface area contributed by atoms with Gasteiger partial charge in [-0.25, -0.2) is 0 Å². The molecular weight excluding hydrogens is 216 g/mol. The molecule has 0 aromatic rings. The molecule has 0 aromatic heterocycles. The quantitative estimate of drug-likeness (QED) is 0.715. The van der Waals surface area contributed by atoms with Gasteiger partial charge in [-0.3, -0.25) is 9.69 Å². The lowest BCUT2D eigenvalue weighted by Gasteiger charge is -2.35. The highest BCUT2D eigenvalue weighted by atomic mass is 16.5. The van der Waals surface area contributed by atoms with E-state index in [-0.39, 0.29) is 5.97 Å². The summed E-state index contributed by atoms with van der Waals surface area (Å²) in [7, 11) is 0. The number of nitrogens with zero attached hydrogens (tertiary/aromatic N) is 1. The molecule has 4 heteroatoms. The molecule has 1 fully saturated rings. The van der Waals surface area contributed by atoms with Crippen molar-refractivity contribution in [1.29, 1.82) is 0 Å². The molecule has 0 bridgehead atoms. The number of ether oxygens (including phenoxy) is 1. The number of carbonyl (C=O) groups excluding carboxylic acids is 1. The topological polar surface area (TPSA) is 41.6 Å². The zero-order valence-corrected chi connectivity index (χ0v) is 11.4. The first-order chi connectivity index (χ1) is 8.13. The molecule has 1 rings (SSSR count). The number of carbonyl (C=O) groups is 1. The second kappa shape index (κ2) is 7.67. The Balaban J connectivity index is 2.39. The minimum atomic E-state index is -0.0936. The fraction of sp³-hybridized carbons (Fsp3) is 0.923. The molecule has 0 radical (unpaired) electrons. The molecule has 4 nitrogen and oxygen atoms in total. The van der Waals surface area contributed by atoms with Gasteiger partial charge in [-0.1, -0.05) is 20.3 Å². The SMILES string of the molecule is CCOC(=O)CN1CCCCC1CNC(C)C. The predicted molar refractivity (Wildman–Crippen MR) is 69.0 cm³/mol. The average molecular weight is 242 g/mol. The highest BCUT2D eigenvalue weighted by Crippen LogP contribution is 2.16. The van der Waals surface area contributed by atoms with Crippen molar-refractivity contribution in [2.75, 3.05) is 26.2 Å². The Kier molecular flexibility index (Phi) is 6.52. The van der Waals surface area contributed by atoms with Gasteiger partial charge in [0, 0.05) is 18.6 Å². The number of likely N-dealkylation sites (tertiary alicyclic amines) is 1. The maximum Gasteiger partial charge on any atom is 0.320 e. The monoisotopic (exact) mass is 242 g/mol. The van der Waals surface area contributed by atoms with Crippen molar-refractivity contribution >= 4 is 5.97 Å². The van der Waals surface area contributed by atoms with Crippen LogP contribution in [0, 0.1) is 0 Å². The third-order valence-electron chi connectivity index (χ3n) is 3.15. The van der Waals surface area contributed by atoms with Gasteiger partial charge in [-0.2, -0.15) is 0 Å². The Bertz CT molecular complexity index is 231. The summed E-state index contributed by atoms with van der Waals surface area (Å²) in [6.45, 7) is 9.06. The third-order valence-corrected chi connectivity index (χ3v) is 3.15. The molecule has 1 aliphatic heterocycles. The second-order valence-electron chi connectivity index (χ2n) is 4.99. The number of hydrogen-bond acceptors (Lipinski definition) is 4. The van der Waals surface area contributed by atoms with Crippen LogP contribution in [0.1, 0.15) is 40.0 Å². The lowest BCUT2D eigenvalue weighted by Crippen LogP contribution is -2.48. The van der Waals surface area contributed by atoms with Crippen LogP contribution in [0.5, 0.6) is 0 Å². The fourth-order valence-corrected chi connectivity index (χ4v) is 2.24.